The van der Waals surface area contributed by atoms with Crippen molar-refractivity contribution in [1.82, 2.24) is 14.6 Å². The van der Waals surface area contributed by atoms with Crippen molar-refractivity contribution in [3.63, 3.8) is 0 Å². The molecule has 9 heteroatoms. The fourth-order valence-electron chi connectivity index (χ4n) is 3.30. The molecule has 0 atom stereocenters. The third-order valence-corrected chi connectivity index (χ3v) is 5.79. The van der Waals surface area contributed by atoms with Crippen molar-refractivity contribution in [3.8, 4) is 22.7 Å². The van der Waals surface area contributed by atoms with Crippen molar-refractivity contribution < 1.29 is 17.6 Å². The molecule has 0 aliphatic heterocycles. The van der Waals surface area contributed by atoms with Gasteiger partial charge in [0.15, 0.2) is 5.82 Å². The van der Waals surface area contributed by atoms with Crippen LogP contribution in [0.2, 0.25) is 0 Å². The van der Waals surface area contributed by atoms with Crippen molar-refractivity contribution in [3.05, 3.63) is 92.4 Å². The van der Waals surface area contributed by atoms with Gasteiger partial charge in [-0.2, -0.15) is 22.7 Å². The highest BCUT2D eigenvalue weighted by molar-refractivity contribution is 7.15. The zero-order chi connectivity index (χ0) is 22.5. The summed E-state index contributed by atoms with van der Waals surface area (Å²) >= 11 is 1.16. The standard InChI is InChI=1S/C23H14F3N3O2S/c1-13-4-2-6-15(10-13)20-27-22-29(28-20)21(30)19(32-22)12-17-8-9-18(31-17)14-5-3-7-16(11-14)23(24,25)26/h2-12H,1H3. The van der Waals surface area contributed by atoms with Gasteiger partial charge in [0.05, 0.1) is 5.56 Å². The topological polar surface area (TPSA) is 60.4 Å². The lowest BCUT2D eigenvalue weighted by molar-refractivity contribution is -0.137. The third-order valence-electron chi connectivity index (χ3n) is 4.83. The Balaban J connectivity index is 1.49. The number of hydrogen-bond acceptors (Lipinski definition) is 5. The molecule has 5 aromatic rings. The third kappa shape index (κ3) is 3.71. The maximum atomic E-state index is 13.0. The van der Waals surface area contributed by atoms with Gasteiger partial charge in [-0.15, -0.1) is 5.10 Å². The Labute approximate surface area is 183 Å². The maximum Gasteiger partial charge on any atom is 0.416 e. The van der Waals surface area contributed by atoms with Crippen molar-refractivity contribution in [1.29, 1.82) is 0 Å². The SMILES string of the molecule is Cc1cccc(-c2nc3sc(=Cc4ccc(-c5cccc(C(F)(F)F)c5)o4)c(=O)n3n2)c1. The van der Waals surface area contributed by atoms with E-state index in [2.05, 4.69) is 10.1 Å². The van der Waals surface area contributed by atoms with Crippen LogP contribution >= 0.6 is 11.3 Å². The summed E-state index contributed by atoms with van der Waals surface area (Å²) in [5, 5.41) is 4.32. The maximum absolute atomic E-state index is 13.0. The van der Waals surface area contributed by atoms with Gasteiger partial charge in [-0.05, 0) is 37.3 Å². The summed E-state index contributed by atoms with van der Waals surface area (Å²) in [6, 6.07) is 15.7. The minimum absolute atomic E-state index is 0.274. The molecule has 0 aliphatic rings. The molecule has 3 heterocycles. The van der Waals surface area contributed by atoms with Crippen molar-refractivity contribution in [2.75, 3.05) is 0 Å². The van der Waals surface area contributed by atoms with Crippen LogP contribution in [-0.4, -0.2) is 14.6 Å². The Morgan fingerprint density at radius 1 is 1.03 bits per heavy atom. The molecule has 0 saturated heterocycles. The van der Waals surface area contributed by atoms with Crippen molar-refractivity contribution in [2.24, 2.45) is 0 Å². The molecular formula is C23H14F3N3O2S. The molecule has 5 nitrogen and oxygen atoms in total. The van der Waals surface area contributed by atoms with Gasteiger partial charge in [-0.25, -0.2) is 0 Å². The van der Waals surface area contributed by atoms with Gasteiger partial charge >= 0.3 is 6.18 Å². The number of alkyl halides is 3. The van der Waals surface area contributed by atoms with Gasteiger partial charge in [0.25, 0.3) is 5.56 Å². The minimum atomic E-state index is -4.44. The van der Waals surface area contributed by atoms with E-state index >= 15 is 0 Å². The first-order valence-corrected chi connectivity index (χ1v) is 10.4. The second kappa shape index (κ2) is 7.45. The van der Waals surface area contributed by atoms with E-state index in [0.29, 0.717) is 26.6 Å². The molecule has 5 rings (SSSR count). The average molecular weight is 453 g/mol. The lowest BCUT2D eigenvalue weighted by Crippen LogP contribution is -2.23. The van der Waals surface area contributed by atoms with E-state index in [1.807, 2.05) is 31.2 Å². The summed E-state index contributed by atoms with van der Waals surface area (Å²) in [7, 11) is 0. The number of halogens is 3. The second-order valence-corrected chi connectivity index (χ2v) is 8.20. The summed E-state index contributed by atoms with van der Waals surface area (Å²) in [5.41, 5.74) is 1.09. The fourth-order valence-corrected chi connectivity index (χ4v) is 4.19. The summed E-state index contributed by atoms with van der Waals surface area (Å²) in [6.07, 6.45) is -2.90. The number of thiazole rings is 1. The molecular weight excluding hydrogens is 439 g/mol. The van der Waals surface area contributed by atoms with Crippen LogP contribution in [0.15, 0.2) is 69.9 Å². The number of benzene rings is 2. The molecule has 0 unspecified atom stereocenters. The lowest BCUT2D eigenvalue weighted by Gasteiger charge is -2.07. The van der Waals surface area contributed by atoms with Crippen molar-refractivity contribution in [2.45, 2.75) is 13.1 Å². The fraction of sp³-hybridized carbons (Fsp3) is 0.0870. The van der Waals surface area contributed by atoms with Crippen LogP contribution in [0, 0.1) is 6.92 Å². The van der Waals surface area contributed by atoms with Crippen LogP contribution < -0.4 is 10.1 Å². The van der Waals surface area contributed by atoms with E-state index in [-0.39, 0.29) is 11.3 Å². The molecule has 160 valence electrons. The van der Waals surface area contributed by atoms with Crippen LogP contribution in [-0.2, 0) is 6.18 Å². The molecule has 0 spiro atoms. The van der Waals surface area contributed by atoms with E-state index in [1.54, 1.807) is 12.1 Å². The summed E-state index contributed by atoms with van der Waals surface area (Å²) in [4.78, 5) is 17.6. The zero-order valence-electron chi connectivity index (χ0n) is 16.6. The van der Waals surface area contributed by atoms with Gasteiger partial charge in [0.2, 0.25) is 4.96 Å². The smallest absolute Gasteiger partial charge is 0.416 e. The molecule has 3 aromatic heterocycles. The first-order valence-electron chi connectivity index (χ1n) is 9.54. The van der Waals surface area contributed by atoms with E-state index in [0.717, 1.165) is 34.6 Å². The molecule has 0 amide bonds. The minimum Gasteiger partial charge on any atom is -0.457 e. The van der Waals surface area contributed by atoms with Crippen molar-refractivity contribution >= 4 is 22.4 Å². The Bertz CT molecular complexity index is 1560. The molecule has 2 aromatic carbocycles. The number of rotatable bonds is 3. The number of hydrogen-bond donors (Lipinski definition) is 0. The number of nitrogens with zero attached hydrogens (tertiary/aromatic N) is 3. The Kier molecular flexibility index (Phi) is 4.70. The zero-order valence-corrected chi connectivity index (χ0v) is 17.4. The van der Waals surface area contributed by atoms with Gasteiger partial charge in [-0.1, -0.05) is 47.2 Å². The summed E-state index contributed by atoms with van der Waals surface area (Å²) in [5.74, 6) is 1.09. The predicted octanol–water partition coefficient (Wildman–Crippen LogP) is 4.95. The molecule has 32 heavy (non-hydrogen) atoms. The quantitative estimate of drug-likeness (QED) is 0.388. The van der Waals surface area contributed by atoms with Crippen LogP contribution in [0.1, 0.15) is 16.9 Å². The van der Waals surface area contributed by atoms with Crippen LogP contribution in [0.3, 0.4) is 0 Å². The van der Waals surface area contributed by atoms with Crippen LogP contribution in [0.4, 0.5) is 13.2 Å². The molecule has 0 radical (unpaired) electrons. The molecule has 0 aliphatic carbocycles. The highest BCUT2D eigenvalue weighted by Crippen LogP contribution is 2.32. The van der Waals surface area contributed by atoms with Gasteiger partial charge in [0, 0.05) is 17.2 Å². The number of aryl methyl sites for hydroxylation is 1. The highest BCUT2D eigenvalue weighted by atomic mass is 32.1. The second-order valence-electron chi connectivity index (χ2n) is 7.20. The van der Waals surface area contributed by atoms with Gasteiger partial charge in [0.1, 0.15) is 16.1 Å². The molecule has 0 saturated carbocycles. The van der Waals surface area contributed by atoms with E-state index in [9.17, 15) is 18.0 Å². The first-order chi connectivity index (χ1) is 15.3. The molecule has 0 bridgehead atoms. The summed E-state index contributed by atoms with van der Waals surface area (Å²) in [6.45, 7) is 1.96. The number of furan rings is 1. The van der Waals surface area contributed by atoms with E-state index in [4.69, 9.17) is 4.42 Å². The Hall–Kier alpha value is -3.72. The molecule has 0 fully saturated rings. The Morgan fingerprint density at radius 3 is 2.56 bits per heavy atom. The van der Waals surface area contributed by atoms with Gasteiger partial charge < -0.3 is 4.42 Å². The predicted molar refractivity (Wildman–Crippen MR) is 115 cm³/mol. The van der Waals surface area contributed by atoms with Crippen LogP contribution in [0.5, 0.6) is 0 Å². The molecule has 0 N–H and O–H groups in total. The normalized spacial score (nSPS) is 12.7. The summed E-state index contributed by atoms with van der Waals surface area (Å²) < 4.78 is 46.2. The van der Waals surface area contributed by atoms with Crippen LogP contribution in [0.25, 0.3) is 33.7 Å². The monoisotopic (exact) mass is 453 g/mol. The van der Waals surface area contributed by atoms with E-state index < -0.39 is 11.7 Å². The average Bonchev–Trinajstić information content (AvgIpc) is 3.45. The number of aromatic nitrogens is 3. The number of fused-ring (bicyclic) bond motifs is 1. The highest BCUT2D eigenvalue weighted by Gasteiger charge is 2.30. The van der Waals surface area contributed by atoms with Gasteiger partial charge in [-0.3, -0.25) is 4.79 Å². The van der Waals surface area contributed by atoms with E-state index in [1.165, 1.54) is 22.7 Å². The Morgan fingerprint density at radius 2 is 1.81 bits per heavy atom. The lowest BCUT2D eigenvalue weighted by atomic mass is 10.1. The first kappa shape index (κ1) is 20.2. The largest absolute Gasteiger partial charge is 0.457 e.